The molecule has 1 atom stereocenters. The van der Waals surface area contributed by atoms with Crippen LogP contribution >= 0.6 is 0 Å². The van der Waals surface area contributed by atoms with Crippen molar-refractivity contribution in [3.05, 3.63) is 144 Å². The largest absolute Gasteiger partial charge is 0.444 e. The third kappa shape index (κ3) is 8.54. The first-order valence-corrected chi connectivity index (χ1v) is 14.5. The molecule has 0 radical (unpaired) electrons. The zero-order valence-electron chi connectivity index (χ0n) is 24.7. The van der Waals surface area contributed by atoms with E-state index < -0.39 is 23.3 Å². The van der Waals surface area contributed by atoms with Crippen molar-refractivity contribution < 1.29 is 14.3 Å². The smallest absolute Gasteiger partial charge is 0.407 e. The molecule has 6 heteroatoms. The van der Waals surface area contributed by atoms with Gasteiger partial charge >= 0.3 is 6.09 Å². The van der Waals surface area contributed by atoms with E-state index in [9.17, 15) is 9.59 Å². The van der Waals surface area contributed by atoms with Gasteiger partial charge in [0.05, 0.1) is 6.04 Å². The number of carbonyl (C=O) groups is 2. The summed E-state index contributed by atoms with van der Waals surface area (Å²) in [6.07, 6.45) is 0.350. The van der Waals surface area contributed by atoms with Gasteiger partial charge in [-0.1, -0.05) is 121 Å². The van der Waals surface area contributed by atoms with Crippen LogP contribution in [0.3, 0.4) is 0 Å². The fourth-order valence-electron chi connectivity index (χ4n) is 5.07. The molecule has 218 valence electrons. The summed E-state index contributed by atoms with van der Waals surface area (Å²) in [7, 11) is 0. The maximum Gasteiger partial charge on any atom is 0.407 e. The van der Waals surface area contributed by atoms with Crippen LogP contribution in [0.4, 0.5) is 4.79 Å². The summed E-state index contributed by atoms with van der Waals surface area (Å²) in [6.45, 7) is 6.58. The summed E-state index contributed by atoms with van der Waals surface area (Å²) in [5.74, 6) is -0.197. The Balaban J connectivity index is 1.58. The second-order valence-electron chi connectivity index (χ2n) is 11.4. The molecule has 0 aliphatic carbocycles. The van der Waals surface area contributed by atoms with Gasteiger partial charge in [0.1, 0.15) is 11.1 Å². The van der Waals surface area contributed by atoms with Crippen LogP contribution in [0.1, 0.15) is 49.4 Å². The van der Waals surface area contributed by atoms with Crippen LogP contribution in [-0.4, -0.2) is 36.7 Å². The van der Waals surface area contributed by atoms with E-state index in [1.807, 2.05) is 130 Å². The van der Waals surface area contributed by atoms with Crippen molar-refractivity contribution in [1.82, 2.24) is 16.0 Å². The molecule has 0 heterocycles. The number of hydrogen-bond acceptors (Lipinski definition) is 4. The van der Waals surface area contributed by atoms with Gasteiger partial charge < -0.3 is 20.7 Å². The SMILES string of the molecule is CC(C)(C)OC(=O)NC(CNCCc1ccccc1)CC(=O)NC(c1ccccc1)(c1ccccc1)c1ccccc1. The third-order valence-electron chi connectivity index (χ3n) is 6.92. The average Bonchev–Trinajstić information content (AvgIpc) is 2.99. The summed E-state index contributed by atoms with van der Waals surface area (Å²) >= 11 is 0. The summed E-state index contributed by atoms with van der Waals surface area (Å²) in [5.41, 5.74) is 2.45. The highest BCUT2D eigenvalue weighted by Gasteiger charge is 2.38. The molecule has 0 aliphatic rings. The van der Waals surface area contributed by atoms with Gasteiger partial charge in [0, 0.05) is 13.0 Å². The Morgan fingerprint density at radius 2 is 1.14 bits per heavy atom. The first kappa shape index (κ1) is 30.5. The molecule has 4 rings (SSSR count). The first-order valence-electron chi connectivity index (χ1n) is 14.5. The molecule has 4 aromatic carbocycles. The van der Waals surface area contributed by atoms with E-state index in [1.165, 1.54) is 5.56 Å². The third-order valence-corrected chi connectivity index (χ3v) is 6.92. The molecule has 0 bridgehead atoms. The van der Waals surface area contributed by atoms with Crippen molar-refractivity contribution in [2.75, 3.05) is 13.1 Å². The molecule has 1 unspecified atom stereocenters. The molecule has 0 saturated carbocycles. The summed E-state index contributed by atoms with van der Waals surface area (Å²) in [5, 5.41) is 9.73. The molecule has 0 saturated heterocycles. The second kappa shape index (κ2) is 14.5. The van der Waals surface area contributed by atoms with Crippen molar-refractivity contribution in [3.8, 4) is 0 Å². The number of rotatable bonds is 12. The molecular formula is C36H41N3O3. The number of alkyl carbamates (subject to hydrolysis) is 1. The molecule has 4 aromatic rings. The summed E-state index contributed by atoms with van der Waals surface area (Å²) < 4.78 is 5.52. The Bertz CT molecular complexity index is 1290. The molecular weight excluding hydrogens is 522 g/mol. The lowest BCUT2D eigenvalue weighted by molar-refractivity contribution is -0.122. The molecule has 0 fully saturated rings. The predicted molar refractivity (Wildman–Crippen MR) is 168 cm³/mol. The molecule has 42 heavy (non-hydrogen) atoms. The zero-order valence-corrected chi connectivity index (χ0v) is 24.7. The van der Waals surface area contributed by atoms with Crippen LogP contribution in [-0.2, 0) is 21.5 Å². The van der Waals surface area contributed by atoms with E-state index in [0.29, 0.717) is 13.1 Å². The second-order valence-corrected chi connectivity index (χ2v) is 11.4. The Labute approximate surface area is 249 Å². The highest BCUT2D eigenvalue weighted by molar-refractivity contribution is 5.80. The Kier molecular flexibility index (Phi) is 10.5. The van der Waals surface area contributed by atoms with Gasteiger partial charge in [-0.3, -0.25) is 4.79 Å². The van der Waals surface area contributed by atoms with Gasteiger partial charge in [-0.05, 0) is 56.0 Å². The lowest BCUT2D eigenvalue weighted by Crippen LogP contribution is -2.51. The van der Waals surface area contributed by atoms with Crippen molar-refractivity contribution in [2.24, 2.45) is 0 Å². The van der Waals surface area contributed by atoms with Crippen molar-refractivity contribution >= 4 is 12.0 Å². The van der Waals surface area contributed by atoms with E-state index >= 15 is 0 Å². The van der Waals surface area contributed by atoms with Gasteiger partial charge in [-0.15, -0.1) is 0 Å². The first-order chi connectivity index (χ1) is 20.3. The topological polar surface area (TPSA) is 79.5 Å². The Morgan fingerprint density at radius 1 is 0.690 bits per heavy atom. The molecule has 2 amide bonds. The van der Waals surface area contributed by atoms with Crippen molar-refractivity contribution in [1.29, 1.82) is 0 Å². The highest BCUT2D eigenvalue weighted by atomic mass is 16.6. The molecule has 3 N–H and O–H groups in total. The fraction of sp³-hybridized carbons (Fsp3) is 0.278. The van der Waals surface area contributed by atoms with Gasteiger partial charge in [-0.25, -0.2) is 4.79 Å². The predicted octanol–water partition coefficient (Wildman–Crippen LogP) is 6.21. The quantitative estimate of drug-likeness (QED) is 0.141. The van der Waals surface area contributed by atoms with Crippen LogP contribution in [0.2, 0.25) is 0 Å². The maximum absolute atomic E-state index is 14.0. The monoisotopic (exact) mass is 563 g/mol. The Morgan fingerprint density at radius 3 is 1.60 bits per heavy atom. The van der Waals surface area contributed by atoms with Gasteiger partial charge in [0.2, 0.25) is 5.91 Å². The molecule has 0 aromatic heterocycles. The number of ether oxygens (including phenoxy) is 1. The van der Waals surface area contributed by atoms with Crippen LogP contribution in [0.5, 0.6) is 0 Å². The van der Waals surface area contributed by atoms with Gasteiger partial charge in [-0.2, -0.15) is 0 Å². The lowest BCUT2D eigenvalue weighted by Gasteiger charge is -2.37. The van der Waals surface area contributed by atoms with Crippen LogP contribution < -0.4 is 16.0 Å². The lowest BCUT2D eigenvalue weighted by atomic mass is 9.77. The van der Waals surface area contributed by atoms with Crippen LogP contribution in [0.15, 0.2) is 121 Å². The van der Waals surface area contributed by atoms with Crippen LogP contribution in [0, 0.1) is 0 Å². The van der Waals surface area contributed by atoms with E-state index in [-0.39, 0.29) is 12.3 Å². The van der Waals surface area contributed by atoms with Gasteiger partial charge in [0.25, 0.3) is 0 Å². The minimum atomic E-state index is -0.932. The minimum absolute atomic E-state index is 0.0613. The summed E-state index contributed by atoms with van der Waals surface area (Å²) in [6, 6.07) is 39.7. The zero-order chi connectivity index (χ0) is 29.8. The minimum Gasteiger partial charge on any atom is -0.444 e. The molecule has 0 spiro atoms. The van der Waals surface area contributed by atoms with E-state index in [0.717, 1.165) is 23.1 Å². The van der Waals surface area contributed by atoms with E-state index in [2.05, 4.69) is 28.1 Å². The number of carbonyl (C=O) groups excluding carboxylic acids is 2. The van der Waals surface area contributed by atoms with Gasteiger partial charge in [0.15, 0.2) is 0 Å². The highest BCUT2D eigenvalue weighted by Crippen LogP contribution is 2.36. The number of benzene rings is 4. The van der Waals surface area contributed by atoms with E-state index in [4.69, 9.17) is 4.74 Å². The van der Waals surface area contributed by atoms with Crippen LogP contribution in [0.25, 0.3) is 0 Å². The average molecular weight is 564 g/mol. The molecule has 0 aliphatic heterocycles. The van der Waals surface area contributed by atoms with E-state index in [1.54, 1.807) is 0 Å². The number of hydrogen-bond donors (Lipinski definition) is 3. The standard InChI is InChI=1S/C36H41N3O3/c1-35(2,3)42-34(41)38-32(27-37-25-24-28-16-8-4-9-17-28)26-33(40)39-36(29-18-10-5-11-19-29,30-20-12-6-13-21-30)31-22-14-7-15-23-31/h4-23,32,37H,24-27H2,1-3H3,(H,38,41)(H,39,40). The number of nitrogens with one attached hydrogen (secondary N) is 3. The van der Waals surface area contributed by atoms with Crippen molar-refractivity contribution in [3.63, 3.8) is 0 Å². The fourth-order valence-corrected chi connectivity index (χ4v) is 5.07. The number of amides is 2. The van der Waals surface area contributed by atoms with Crippen molar-refractivity contribution in [2.45, 2.75) is 50.8 Å². The Hall–Kier alpha value is -4.42. The molecule has 6 nitrogen and oxygen atoms in total. The normalized spacial score (nSPS) is 12.3. The maximum atomic E-state index is 14.0. The summed E-state index contributed by atoms with van der Waals surface area (Å²) in [4.78, 5) is 26.7.